The molecule has 19 heavy (non-hydrogen) atoms. The molecule has 1 saturated heterocycles. The fraction of sp³-hybridized carbons (Fsp3) is 0.500. The number of halogens is 2. The van der Waals surface area contributed by atoms with Gasteiger partial charge in [-0.2, -0.15) is 0 Å². The fourth-order valence-electron chi connectivity index (χ4n) is 2.01. The zero-order valence-corrected chi connectivity index (χ0v) is 12.2. The molecule has 108 valence electrons. The van der Waals surface area contributed by atoms with Gasteiger partial charge in [0.25, 0.3) is 5.69 Å². The molecule has 1 aromatic carbocycles. The van der Waals surface area contributed by atoms with Crippen molar-refractivity contribution in [1.29, 1.82) is 0 Å². The van der Waals surface area contributed by atoms with E-state index in [1.54, 1.807) is 12.1 Å². The predicted octanol–water partition coefficient (Wildman–Crippen LogP) is 1.89. The quantitative estimate of drug-likeness (QED) is 0.681. The van der Waals surface area contributed by atoms with Crippen molar-refractivity contribution in [2.45, 2.75) is 6.42 Å². The van der Waals surface area contributed by atoms with Crippen molar-refractivity contribution in [3.8, 4) is 0 Å². The molecule has 0 unspecified atom stereocenters. The number of non-ortho nitro benzene ring substituents is 1. The smallest absolute Gasteiger partial charge is 0.269 e. The standard InChI is InChI=1S/C12H17N3O2.2ClH/c16-15(17)12-3-1-11(2-4-12)5-8-14-9-6-13-7-10-14;;/h1-4,13H,5-10H2;2*1H. The molecule has 1 aliphatic rings. The Balaban J connectivity index is 0.00000162. The van der Waals surface area contributed by atoms with Crippen molar-refractivity contribution in [2.24, 2.45) is 0 Å². The molecule has 7 heteroatoms. The highest BCUT2D eigenvalue weighted by molar-refractivity contribution is 5.85. The summed E-state index contributed by atoms with van der Waals surface area (Å²) in [5.74, 6) is 0. The number of nitrogens with zero attached hydrogens (tertiary/aromatic N) is 2. The van der Waals surface area contributed by atoms with Gasteiger partial charge in [-0.1, -0.05) is 12.1 Å². The topological polar surface area (TPSA) is 58.4 Å². The van der Waals surface area contributed by atoms with Gasteiger partial charge >= 0.3 is 0 Å². The molecule has 0 atom stereocenters. The second kappa shape index (κ2) is 9.09. The van der Waals surface area contributed by atoms with E-state index in [0.29, 0.717) is 0 Å². The number of hydrogen-bond acceptors (Lipinski definition) is 4. The minimum atomic E-state index is -0.361. The van der Waals surface area contributed by atoms with Gasteiger partial charge in [-0.3, -0.25) is 10.1 Å². The second-order valence-electron chi connectivity index (χ2n) is 4.27. The molecule has 0 radical (unpaired) electrons. The van der Waals surface area contributed by atoms with Crippen molar-refractivity contribution >= 4 is 30.5 Å². The first-order chi connectivity index (χ1) is 8.25. The van der Waals surface area contributed by atoms with Gasteiger partial charge in [-0.25, -0.2) is 0 Å². The summed E-state index contributed by atoms with van der Waals surface area (Å²) < 4.78 is 0. The first-order valence-electron chi connectivity index (χ1n) is 5.92. The van der Waals surface area contributed by atoms with Gasteiger partial charge in [-0.15, -0.1) is 24.8 Å². The predicted molar refractivity (Wildman–Crippen MR) is 80.6 cm³/mol. The molecule has 0 bridgehead atoms. The lowest BCUT2D eigenvalue weighted by Gasteiger charge is -2.27. The van der Waals surface area contributed by atoms with Crippen LogP contribution in [0.3, 0.4) is 0 Å². The van der Waals surface area contributed by atoms with Crippen LogP contribution in [0.1, 0.15) is 5.56 Å². The van der Waals surface area contributed by atoms with E-state index in [4.69, 9.17) is 0 Å². The minimum Gasteiger partial charge on any atom is -0.314 e. The molecule has 1 fully saturated rings. The van der Waals surface area contributed by atoms with Crippen LogP contribution in [-0.4, -0.2) is 42.5 Å². The molecular formula is C12H19Cl2N3O2. The number of nitro benzene ring substituents is 1. The molecule has 0 amide bonds. The van der Waals surface area contributed by atoms with Gasteiger partial charge in [0.15, 0.2) is 0 Å². The normalized spacial score (nSPS) is 15.2. The summed E-state index contributed by atoms with van der Waals surface area (Å²) in [6.07, 6.45) is 0.956. The third-order valence-corrected chi connectivity index (χ3v) is 3.07. The molecule has 0 saturated carbocycles. The fourth-order valence-corrected chi connectivity index (χ4v) is 2.01. The molecular weight excluding hydrogens is 289 g/mol. The number of rotatable bonds is 4. The maximum atomic E-state index is 10.5. The molecule has 1 heterocycles. The van der Waals surface area contributed by atoms with Crippen LogP contribution in [0.5, 0.6) is 0 Å². The minimum absolute atomic E-state index is 0. The number of nitro groups is 1. The number of nitrogens with one attached hydrogen (secondary N) is 1. The number of hydrogen-bond donors (Lipinski definition) is 1. The number of piperazine rings is 1. The van der Waals surface area contributed by atoms with Gasteiger partial charge < -0.3 is 10.2 Å². The lowest BCUT2D eigenvalue weighted by atomic mass is 10.1. The van der Waals surface area contributed by atoms with E-state index < -0.39 is 0 Å². The monoisotopic (exact) mass is 307 g/mol. The van der Waals surface area contributed by atoms with Crippen molar-refractivity contribution < 1.29 is 4.92 Å². The van der Waals surface area contributed by atoms with Crippen LogP contribution >= 0.6 is 24.8 Å². The Morgan fingerprint density at radius 2 is 1.74 bits per heavy atom. The summed E-state index contributed by atoms with van der Waals surface area (Å²) >= 11 is 0. The summed E-state index contributed by atoms with van der Waals surface area (Å²) in [4.78, 5) is 12.6. The highest BCUT2D eigenvalue weighted by atomic mass is 35.5. The molecule has 1 aliphatic heterocycles. The summed E-state index contributed by atoms with van der Waals surface area (Å²) in [6.45, 7) is 5.32. The molecule has 2 rings (SSSR count). The SMILES string of the molecule is Cl.Cl.O=[N+]([O-])c1ccc(CCN2CCNCC2)cc1. The van der Waals surface area contributed by atoms with E-state index in [1.807, 2.05) is 12.1 Å². The third-order valence-electron chi connectivity index (χ3n) is 3.07. The van der Waals surface area contributed by atoms with Gasteiger partial charge in [-0.05, 0) is 12.0 Å². The lowest BCUT2D eigenvalue weighted by molar-refractivity contribution is -0.384. The van der Waals surface area contributed by atoms with Gasteiger partial charge in [0.1, 0.15) is 0 Å². The van der Waals surface area contributed by atoms with Crippen LogP contribution in [0.25, 0.3) is 0 Å². The van der Waals surface area contributed by atoms with Gasteiger partial charge in [0, 0.05) is 44.9 Å². The second-order valence-corrected chi connectivity index (χ2v) is 4.27. The van der Waals surface area contributed by atoms with E-state index in [1.165, 1.54) is 0 Å². The summed E-state index contributed by atoms with van der Waals surface area (Å²) in [6, 6.07) is 6.85. The van der Waals surface area contributed by atoms with E-state index in [-0.39, 0.29) is 35.4 Å². The Bertz CT molecular complexity index is 381. The zero-order valence-electron chi connectivity index (χ0n) is 10.6. The molecule has 1 aromatic rings. The number of benzene rings is 1. The average molecular weight is 308 g/mol. The van der Waals surface area contributed by atoms with E-state index in [0.717, 1.165) is 44.7 Å². The molecule has 5 nitrogen and oxygen atoms in total. The third kappa shape index (κ3) is 5.74. The van der Waals surface area contributed by atoms with Crippen molar-refractivity contribution in [1.82, 2.24) is 10.2 Å². The van der Waals surface area contributed by atoms with Crippen LogP contribution in [0, 0.1) is 10.1 Å². The summed E-state index contributed by atoms with van der Waals surface area (Å²) in [5.41, 5.74) is 1.32. The lowest BCUT2D eigenvalue weighted by Crippen LogP contribution is -2.44. The molecule has 0 aliphatic carbocycles. The van der Waals surface area contributed by atoms with Crippen molar-refractivity contribution in [2.75, 3.05) is 32.7 Å². The van der Waals surface area contributed by atoms with E-state index >= 15 is 0 Å². The molecule has 0 spiro atoms. The van der Waals surface area contributed by atoms with Crippen molar-refractivity contribution in [3.05, 3.63) is 39.9 Å². The first kappa shape index (κ1) is 18.1. The molecule has 1 N–H and O–H groups in total. The highest BCUT2D eigenvalue weighted by Crippen LogP contribution is 2.12. The zero-order chi connectivity index (χ0) is 12.1. The maximum absolute atomic E-state index is 10.5. The molecule has 0 aromatic heterocycles. The Labute approximate surface area is 125 Å². The van der Waals surface area contributed by atoms with Crippen LogP contribution < -0.4 is 5.32 Å². The largest absolute Gasteiger partial charge is 0.314 e. The van der Waals surface area contributed by atoms with Crippen LogP contribution in [0.2, 0.25) is 0 Å². The first-order valence-corrected chi connectivity index (χ1v) is 5.92. The average Bonchev–Trinajstić information content (AvgIpc) is 2.38. The van der Waals surface area contributed by atoms with Crippen LogP contribution in [0.4, 0.5) is 5.69 Å². The maximum Gasteiger partial charge on any atom is 0.269 e. The summed E-state index contributed by atoms with van der Waals surface area (Å²) in [7, 11) is 0. The van der Waals surface area contributed by atoms with Crippen molar-refractivity contribution in [3.63, 3.8) is 0 Å². The van der Waals surface area contributed by atoms with Crippen LogP contribution in [-0.2, 0) is 6.42 Å². The Morgan fingerprint density at radius 3 is 2.26 bits per heavy atom. The Kier molecular flexibility index (Phi) is 8.67. The van der Waals surface area contributed by atoms with E-state index in [9.17, 15) is 10.1 Å². The summed E-state index contributed by atoms with van der Waals surface area (Å²) in [5, 5.41) is 13.8. The van der Waals surface area contributed by atoms with Gasteiger partial charge in [0.05, 0.1) is 4.92 Å². The van der Waals surface area contributed by atoms with Gasteiger partial charge in [0.2, 0.25) is 0 Å². The van der Waals surface area contributed by atoms with Crippen LogP contribution in [0.15, 0.2) is 24.3 Å². The van der Waals surface area contributed by atoms with E-state index in [2.05, 4.69) is 10.2 Å². The highest BCUT2D eigenvalue weighted by Gasteiger charge is 2.09. The Morgan fingerprint density at radius 1 is 1.16 bits per heavy atom. The Hall–Kier alpha value is -0.880.